The number of carbonyl (C=O) groups excluding carboxylic acids is 2. The maximum Gasteiger partial charge on any atom is 0.326 e. The minimum atomic E-state index is -0.940. The van der Waals surface area contributed by atoms with Crippen molar-refractivity contribution in [2.24, 2.45) is 0 Å². The molecule has 166 valence electrons. The van der Waals surface area contributed by atoms with Gasteiger partial charge in [-0.25, -0.2) is 4.79 Å². The van der Waals surface area contributed by atoms with Crippen LogP contribution in [0, 0.1) is 0 Å². The zero-order valence-electron chi connectivity index (χ0n) is 17.9. The number of hydrogen-bond donors (Lipinski definition) is 2. The largest absolute Gasteiger partial charge is 0.480 e. The van der Waals surface area contributed by atoms with Gasteiger partial charge in [-0.15, -0.1) is 0 Å². The Morgan fingerprint density at radius 2 is 1.45 bits per heavy atom. The van der Waals surface area contributed by atoms with Crippen LogP contribution in [0.3, 0.4) is 0 Å². The summed E-state index contributed by atoms with van der Waals surface area (Å²) < 4.78 is 0. The Hall–Kier alpha value is -1.08. The molecular weight excluding hydrogens is 388 g/mol. The van der Waals surface area contributed by atoms with Gasteiger partial charge in [-0.2, -0.15) is 0 Å². The van der Waals surface area contributed by atoms with E-state index in [1.807, 2.05) is 0 Å². The fraction of sp³-hybridized carbons (Fsp3) is 0.864. The molecule has 0 aromatic heterocycles. The van der Waals surface area contributed by atoms with Crippen LogP contribution in [0.1, 0.15) is 90.4 Å². The van der Waals surface area contributed by atoms with Gasteiger partial charge in [0.1, 0.15) is 6.04 Å². The standard InChI is InChI=1S/C12H23N.C10H15NO4S/c1-3-7-11(8-4-1)13-12-9-5-2-6-10-12;1-7(12)16-6-4-9(13)11-5-2-3-8(11)10(14)15/h11-13H,1-10H2;8H,2-6H2,1H3,(H,14,15)/t;8-/m.0/s1. The molecule has 3 rings (SSSR count). The summed E-state index contributed by atoms with van der Waals surface area (Å²) in [4.78, 5) is 34.6. The highest BCUT2D eigenvalue weighted by molar-refractivity contribution is 8.13. The number of rotatable bonds is 6. The predicted molar refractivity (Wildman–Crippen MR) is 117 cm³/mol. The van der Waals surface area contributed by atoms with Crippen LogP contribution in [0.15, 0.2) is 0 Å². The Balaban J connectivity index is 0.000000211. The van der Waals surface area contributed by atoms with E-state index in [-0.39, 0.29) is 17.4 Å². The third-order valence-corrected chi connectivity index (χ3v) is 6.98. The molecule has 1 atom stereocenters. The summed E-state index contributed by atoms with van der Waals surface area (Å²) in [6, 6.07) is 1.07. The van der Waals surface area contributed by atoms with Crippen molar-refractivity contribution in [3.05, 3.63) is 0 Å². The van der Waals surface area contributed by atoms with E-state index >= 15 is 0 Å². The lowest BCUT2D eigenvalue weighted by Gasteiger charge is -2.30. The van der Waals surface area contributed by atoms with Crippen molar-refractivity contribution in [2.45, 2.75) is 109 Å². The summed E-state index contributed by atoms with van der Waals surface area (Å²) in [6.45, 7) is 1.96. The number of nitrogens with one attached hydrogen (secondary N) is 1. The van der Waals surface area contributed by atoms with Gasteiger partial charge < -0.3 is 15.3 Å². The van der Waals surface area contributed by atoms with Crippen LogP contribution in [0.5, 0.6) is 0 Å². The quantitative estimate of drug-likeness (QED) is 0.668. The molecule has 0 unspecified atom stereocenters. The lowest BCUT2D eigenvalue weighted by Crippen LogP contribution is -2.40. The molecule has 3 fully saturated rings. The summed E-state index contributed by atoms with van der Waals surface area (Å²) >= 11 is 1.09. The fourth-order valence-electron chi connectivity index (χ4n) is 4.62. The van der Waals surface area contributed by atoms with E-state index in [0.29, 0.717) is 18.7 Å². The van der Waals surface area contributed by atoms with Crippen molar-refractivity contribution < 1.29 is 19.5 Å². The number of nitrogens with zero attached hydrogens (tertiary/aromatic N) is 1. The van der Waals surface area contributed by atoms with Gasteiger partial charge in [0.25, 0.3) is 0 Å². The molecule has 1 saturated heterocycles. The molecule has 0 spiro atoms. The number of thioether (sulfide) groups is 1. The molecule has 0 aromatic rings. The molecule has 1 amide bonds. The van der Waals surface area contributed by atoms with E-state index in [0.717, 1.165) is 30.3 Å². The molecule has 29 heavy (non-hydrogen) atoms. The molecule has 2 N–H and O–H groups in total. The van der Waals surface area contributed by atoms with Crippen LogP contribution >= 0.6 is 11.8 Å². The Morgan fingerprint density at radius 1 is 0.897 bits per heavy atom. The number of hydrogen-bond acceptors (Lipinski definition) is 5. The Kier molecular flexibility index (Phi) is 11.1. The van der Waals surface area contributed by atoms with Crippen molar-refractivity contribution in [2.75, 3.05) is 12.3 Å². The van der Waals surface area contributed by atoms with E-state index in [9.17, 15) is 14.4 Å². The number of amides is 1. The SMILES string of the molecule is C1CCC(NC2CCCCC2)CC1.CC(=O)SCCC(=O)N1CCC[C@H]1C(=O)O. The molecule has 0 bridgehead atoms. The summed E-state index contributed by atoms with van der Waals surface area (Å²) in [5.41, 5.74) is 0. The molecule has 1 aliphatic heterocycles. The highest BCUT2D eigenvalue weighted by Gasteiger charge is 2.33. The second-order valence-corrected chi connectivity index (χ2v) is 9.78. The van der Waals surface area contributed by atoms with Gasteiger partial charge in [-0.3, -0.25) is 9.59 Å². The number of carboxylic acids is 1. The first-order chi connectivity index (χ1) is 14.0. The van der Waals surface area contributed by atoms with Crippen LogP contribution in [0.2, 0.25) is 0 Å². The average molecular weight is 427 g/mol. The Labute approximate surface area is 179 Å². The van der Waals surface area contributed by atoms with Gasteiger partial charge in [0, 0.05) is 37.7 Å². The fourth-order valence-corrected chi connectivity index (χ4v) is 5.18. The van der Waals surface area contributed by atoms with Gasteiger partial charge in [0.15, 0.2) is 5.12 Å². The molecule has 3 aliphatic rings. The van der Waals surface area contributed by atoms with Crippen LogP contribution in [-0.4, -0.2) is 57.4 Å². The smallest absolute Gasteiger partial charge is 0.326 e. The highest BCUT2D eigenvalue weighted by Crippen LogP contribution is 2.22. The molecule has 0 aromatic carbocycles. The molecule has 2 saturated carbocycles. The molecule has 0 radical (unpaired) electrons. The topological polar surface area (TPSA) is 86.7 Å². The van der Waals surface area contributed by atoms with Gasteiger partial charge in [0.2, 0.25) is 5.91 Å². The van der Waals surface area contributed by atoms with Gasteiger partial charge >= 0.3 is 5.97 Å². The van der Waals surface area contributed by atoms with Gasteiger partial charge in [-0.1, -0.05) is 50.3 Å². The van der Waals surface area contributed by atoms with E-state index in [1.54, 1.807) is 0 Å². The van der Waals surface area contributed by atoms with E-state index in [1.165, 1.54) is 76.0 Å². The van der Waals surface area contributed by atoms with E-state index in [2.05, 4.69) is 5.32 Å². The monoisotopic (exact) mass is 426 g/mol. The molecule has 7 heteroatoms. The number of likely N-dealkylation sites (tertiary alicyclic amines) is 1. The van der Waals surface area contributed by atoms with Crippen LogP contribution in [0.25, 0.3) is 0 Å². The lowest BCUT2D eigenvalue weighted by atomic mass is 9.91. The minimum absolute atomic E-state index is 0.0241. The summed E-state index contributed by atoms with van der Waals surface area (Å²) in [6.07, 6.45) is 16.1. The van der Waals surface area contributed by atoms with Gasteiger partial charge in [0.05, 0.1) is 0 Å². The number of aliphatic carboxylic acids is 1. The first-order valence-electron chi connectivity index (χ1n) is 11.4. The highest BCUT2D eigenvalue weighted by atomic mass is 32.2. The Morgan fingerprint density at radius 3 is 1.93 bits per heavy atom. The predicted octanol–water partition coefficient (Wildman–Crippen LogP) is 3.97. The zero-order chi connectivity index (χ0) is 21.1. The van der Waals surface area contributed by atoms with Crippen molar-refractivity contribution >= 4 is 28.8 Å². The van der Waals surface area contributed by atoms with Crippen molar-refractivity contribution in [1.82, 2.24) is 10.2 Å². The first kappa shape index (κ1) is 24.2. The Bertz CT molecular complexity index is 515. The molecule has 2 aliphatic carbocycles. The third kappa shape index (κ3) is 9.08. The summed E-state index contributed by atoms with van der Waals surface area (Å²) in [5, 5.41) is 12.7. The molecule has 6 nitrogen and oxygen atoms in total. The zero-order valence-corrected chi connectivity index (χ0v) is 18.7. The average Bonchev–Trinajstić information content (AvgIpc) is 3.20. The molecule has 1 heterocycles. The number of carbonyl (C=O) groups is 3. The summed E-state index contributed by atoms with van der Waals surface area (Å²) in [5.74, 6) is -0.680. The second kappa shape index (κ2) is 13.3. The van der Waals surface area contributed by atoms with E-state index < -0.39 is 12.0 Å². The normalized spacial score (nSPS) is 23.3. The van der Waals surface area contributed by atoms with Crippen molar-refractivity contribution in [3.8, 4) is 0 Å². The van der Waals surface area contributed by atoms with E-state index in [4.69, 9.17) is 5.11 Å². The maximum absolute atomic E-state index is 11.7. The van der Waals surface area contributed by atoms with Crippen LogP contribution in [-0.2, 0) is 14.4 Å². The van der Waals surface area contributed by atoms with Crippen LogP contribution in [0.4, 0.5) is 0 Å². The van der Waals surface area contributed by atoms with Crippen molar-refractivity contribution in [3.63, 3.8) is 0 Å². The first-order valence-corrected chi connectivity index (χ1v) is 12.4. The van der Waals surface area contributed by atoms with Gasteiger partial charge in [-0.05, 0) is 38.5 Å². The minimum Gasteiger partial charge on any atom is -0.480 e. The van der Waals surface area contributed by atoms with Crippen molar-refractivity contribution in [1.29, 1.82) is 0 Å². The maximum atomic E-state index is 11.7. The molecular formula is C22H38N2O4S. The number of carboxylic acid groups (broad SMARTS) is 1. The summed E-state index contributed by atoms with van der Waals surface area (Å²) in [7, 11) is 0. The second-order valence-electron chi connectivity index (χ2n) is 8.51. The van der Waals surface area contributed by atoms with Crippen LogP contribution < -0.4 is 5.32 Å². The third-order valence-electron chi connectivity index (χ3n) is 6.16. The lowest BCUT2D eigenvalue weighted by molar-refractivity contribution is -0.148.